The van der Waals surface area contributed by atoms with E-state index in [0.717, 1.165) is 0 Å². The molecule has 0 bridgehead atoms. The Morgan fingerprint density at radius 1 is 1.45 bits per heavy atom. The standard InChI is InChI=1S/C5H11.C2H3O2.BrH.Mg/c1-5(2,3)4;3-1-2-4;;/h1H2,2-4H3;3H,1H2;1H;/q2*-1;;+2. The van der Waals surface area contributed by atoms with Gasteiger partial charge in [-0.2, -0.15) is 5.41 Å². The van der Waals surface area contributed by atoms with Crippen LogP contribution in [0.5, 0.6) is 0 Å². The Hall–Kier alpha value is 0.876. The zero-order valence-corrected chi connectivity index (χ0v) is 10.5. The van der Waals surface area contributed by atoms with Gasteiger partial charge < -0.3 is 16.8 Å². The Kier molecular flexibility index (Phi) is 27.7. The molecule has 0 aromatic heterocycles. The molecule has 1 N–H and O–H groups in total. The topological polar surface area (TPSA) is 37.3 Å². The molecule has 0 atom stereocenters. The van der Waals surface area contributed by atoms with Crippen LogP contribution in [0, 0.1) is 12.3 Å². The first-order chi connectivity index (χ1) is 3.91. The average molecular weight is 235 g/mol. The van der Waals surface area contributed by atoms with E-state index in [1.54, 1.807) is 0 Å². The summed E-state index contributed by atoms with van der Waals surface area (Å²) >= 11 is 0. The van der Waals surface area contributed by atoms with Gasteiger partial charge in [-0.05, 0) is 0 Å². The molecule has 64 valence electrons. The van der Waals surface area contributed by atoms with Gasteiger partial charge in [-0.15, -0.1) is 17.0 Å². The van der Waals surface area contributed by atoms with Crippen LogP contribution in [0.1, 0.15) is 20.8 Å². The number of aliphatic hydroxyl groups excluding tert-OH is 1. The smallest absolute Gasteiger partial charge is 0.540 e. The van der Waals surface area contributed by atoms with Gasteiger partial charge in [-0.25, -0.2) is 6.29 Å². The van der Waals surface area contributed by atoms with Crippen LogP contribution in [0.25, 0.3) is 0 Å². The van der Waals surface area contributed by atoms with Gasteiger partial charge >= 0.3 is 23.1 Å². The van der Waals surface area contributed by atoms with Crippen molar-refractivity contribution in [3.63, 3.8) is 0 Å². The molecular weight excluding hydrogens is 220 g/mol. The van der Waals surface area contributed by atoms with Crippen LogP contribution in [0.4, 0.5) is 0 Å². The summed E-state index contributed by atoms with van der Waals surface area (Å²) in [4.78, 5) is 8.80. The van der Waals surface area contributed by atoms with Crippen LogP contribution < -0.4 is 0 Å². The first-order valence-electron chi connectivity index (χ1n) is 2.73. The molecule has 0 spiro atoms. The maximum atomic E-state index is 8.80. The van der Waals surface area contributed by atoms with Crippen molar-refractivity contribution >= 4 is 46.3 Å². The fourth-order valence-electron chi connectivity index (χ4n) is 0. The van der Waals surface area contributed by atoms with Gasteiger partial charge in [0.2, 0.25) is 0 Å². The molecule has 0 saturated carbocycles. The molecule has 4 heteroatoms. The van der Waals surface area contributed by atoms with Gasteiger partial charge in [0, 0.05) is 0 Å². The second-order valence-electron chi connectivity index (χ2n) is 2.86. The number of aliphatic hydroxyl groups is 1. The molecule has 11 heavy (non-hydrogen) atoms. The largest absolute Gasteiger partial charge is 2.00 e. The van der Waals surface area contributed by atoms with Crippen molar-refractivity contribution in [2.75, 3.05) is 6.61 Å². The molecule has 0 amide bonds. The molecule has 0 aliphatic heterocycles. The number of halogens is 1. The molecule has 0 heterocycles. The number of carbonyl (C=O) groups excluding carboxylic acids is 1. The molecule has 0 aliphatic carbocycles. The van der Waals surface area contributed by atoms with Crippen LogP contribution in [0.15, 0.2) is 0 Å². The second kappa shape index (κ2) is 13.5. The molecule has 0 saturated heterocycles. The summed E-state index contributed by atoms with van der Waals surface area (Å²) in [7, 11) is 0. The zero-order chi connectivity index (χ0) is 7.91. The summed E-state index contributed by atoms with van der Waals surface area (Å²) in [6.45, 7) is 9.51. The van der Waals surface area contributed by atoms with Gasteiger partial charge in [0.25, 0.3) is 0 Å². The van der Waals surface area contributed by atoms with Crippen LogP contribution in [0.2, 0.25) is 0 Å². The van der Waals surface area contributed by atoms with E-state index < -0.39 is 6.61 Å². The van der Waals surface area contributed by atoms with Crippen LogP contribution in [-0.2, 0) is 4.79 Å². The SMILES string of the molecule is Br.O=[C-]CO.[CH2-]C(C)(C)C.[Mg+2]. The van der Waals surface area contributed by atoms with Gasteiger partial charge in [0.1, 0.15) is 0 Å². The van der Waals surface area contributed by atoms with Crippen molar-refractivity contribution in [2.24, 2.45) is 5.41 Å². The Morgan fingerprint density at radius 2 is 1.55 bits per heavy atom. The van der Waals surface area contributed by atoms with E-state index in [0.29, 0.717) is 0 Å². The Balaban J connectivity index is -0.0000000383. The fraction of sp³-hybridized carbons (Fsp3) is 0.714. The molecule has 0 aromatic carbocycles. The average Bonchev–Trinajstić information content (AvgIpc) is 1.61. The van der Waals surface area contributed by atoms with Crippen molar-refractivity contribution in [3.8, 4) is 0 Å². The van der Waals surface area contributed by atoms with E-state index in [1.807, 2.05) is 0 Å². The van der Waals surface area contributed by atoms with Crippen molar-refractivity contribution in [2.45, 2.75) is 20.8 Å². The van der Waals surface area contributed by atoms with E-state index in [9.17, 15) is 0 Å². The minimum absolute atomic E-state index is 0. The van der Waals surface area contributed by atoms with E-state index in [-0.39, 0.29) is 45.4 Å². The summed E-state index contributed by atoms with van der Waals surface area (Å²) < 4.78 is 0. The monoisotopic (exact) mass is 234 g/mol. The summed E-state index contributed by atoms with van der Waals surface area (Å²) in [6, 6.07) is 0. The van der Waals surface area contributed by atoms with E-state index in [2.05, 4.69) is 27.7 Å². The first-order valence-corrected chi connectivity index (χ1v) is 2.73. The molecule has 0 aliphatic rings. The summed E-state index contributed by atoms with van der Waals surface area (Å²) in [5.41, 5.74) is 0.250. The number of hydrogen-bond acceptors (Lipinski definition) is 2. The zero-order valence-electron chi connectivity index (χ0n) is 7.39. The van der Waals surface area contributed by atoms with Crippen molar-refractivity contribution in [3.05, 3.63) is 6.92 Å². The molecular formula is C7H15BrMgO2. The maximum absolute atomic E-state index is 8.80. The van der Waals surface area contributed by atoms with Crippen LogP contribution in [0.3, 0.4) is 0 Å². The van der Waals surface area contributed by atoms with Crippen molar-refractivity contribution in [1.29, 1.82) is 0 Å². The van der Waals surface area contributed by atoms with Gasteiger partial charge in [-0.3, -0.25) is 0 Å². The van der Waals surface area contributed by atoms with Crippen LogP contribution in [-0.4, -0.2) is 41.1 Å². The second-order valence-corrected chi connectivity index (χ2v) is 2.86. The molecule has 2 nitrogen and oxygen atoms in total. The predicted octanol–water partition coefficient (Wildman–Crippen LogP) is 1.15. The van der Waals surface area contributed by atoms with Gasteiger partial charge in [0.05, 0.1) is 0 Å². The third kappa shape index (κ3) is 243. The van der Waals surface area contributed by atoms with Gasteiger partial charge in [-0.1, -0.05) is 27.4 Å². The summed E-state index contributed by atoms with van der Waals surface area (Å²) in [6.07, 6.45) is 1.24. The van der Waals surface area contributed by atoms with E-state index in [4.69, 9.17) is 9.90 Å². The quantitative estimate of drug-likeness (QED) is 0.547. The Morgan fingerprint density at radius 3 is 1.55 bits per heavy atom. The fourth-order valence-corrected chi connectivity index (χ4v) is 0. The molecule has 0 fully saturated rings. The van der Waals surface area contributed by atoms with Crippen molar-refractivity contribution in [1.82, 2.24) is 0 Å². The minimum Gasteiger partial charge on any atom is -0.540 e. The predicted molar refractivity (Wildman–Crippen MR) is 53.7 cm³/mol. The molecule has 0 aromatic rings. The third-order valence-corrected chi connectivity index (χ3v) is 0.0645. The number of rotatable bonds is 1. The Bertz CT molecular complexity index is 65.3. The molecule has 0 unspecified atom stereocenters. The first kappa shape index (κ1) is 22.6. The normalized spacial score (nSPS) is 7.73. The van der Waals surface area contributed by atoms with Crippen molar-refractivity contribution < 1.29 is 9.90 Å². The van der Waals surface area contributed by atoms with Crippen LogP contribution >= 0.6 is 17.0 Å². The van der Waals surface area contributed by atoms with Gasteiger partial charge in [0.15, 0.2) is 0 Å². The Labute approximate surface area is 95.7 Å². The minimum atomic E-state index is -0.486. The third-order valence-electron chi connectivity index (χ3n) is 0.0645. The summed E-state index contributed by atoms with van der Waals surface area (Å²) in [5, 5.41) is 7.45. The summed E-state index contributed by atoms with van der Waals surface area (Å²) in [5.74, 6) is 0. The molecule has 0 rings (SSSR count). The van der Waals surface area contributed by atoms with E-state index >= 15 is 0 Å². The molecule has 0 radical (unpaired) electrons. The maximum Gasteiger partial charge on any atom is 2.00 e. The number of hydrogen-bond donors (Lipinski definition) is 1. The van der Waals surface area contributed by atoms with E-state index in [1.165, 1.54) is 6.29 Å².